The van der Waals surface area contributed by atoms with Gasteiger partial charge >= 0.3 is 0 Å². The molecule has 1 aliphatic carbocycles. The molecule has 0 atom stereocenters. The molecule has 3 N–H and O–H groups in total. The fraction of sp³-hybridized carbons (Fsp3) is 0.190. The van der Waals surface area contributed by atoms with Gasteiger partial charge in [-0.15, -0.1) is 5.10 Å². The molecule has 6 nitrogen and oxygen atoms in total. The van der Waals surface area contributed by atoms with Gasteiger partial charge in [-0.2, -0.15) is 4.98 Å². The first-order valence-corrected chi connectivity index (χ1v) is 9.65. The number of nitrogen functional groups attached to an aromatic ring is 1. The number of halogens is 1. The molecule has 0 spiro atoms. The monoisotopic (exact) mass is 390 g/mol. The maximum absolute atomic E-state index is 6.49. The molecule has 2 heterocycles. The van der Waals surface area contributed by atoms with Crippen molar-refractivity contribution in [2.75, 3.05) is 11.1 Å². The van der Waals surface area contributed by atoms with Crippen LogP contribution < -0.4 is 11.1 Å². The van der Waals surface area contributed by atoms with Crippen LogP contribution in [0.5, 0.6) is 0 Å². The van der Waals surface area contributed by atoms with Crippen molar-refractivity contribution in [2.45, 2.75) is 25.4 Å². The quantitative estimate of drug-likeness (QED) is 0.529. The molecule has 0 saturated heterocycles. The molecular formula is C21H19ClN6. The van der Waals surface area contributed by atoms with E-state index >= 15 is 0 Å². The number of rotatable bonds is 5. The molecule has 2 aromatic heterocycles. The molecule has 2 aromatic carbocycles. The molecule has 0 bridgehead atoms. The van der Waals surface area contributed by atoms with Crippen LogP contribution in [0, 0.1) is 0 Å². The largest absolute Gasteiger partial charge is 0.383 e. The highest BCUT2D eigenvalue weighted by molar-refractivity contribution is 6.30. The lowest BCUT2D eigenvalue weighted by Gasteiger charge is -2.08. The van der Waals surface area contributed by atoms with E-state index in [1.165, 1.54) is 0 Å². The minimum Gasteiger partial charge on any atom is -0.383 e. The van der Waals surface area contributed by atoms with Crippen molar-refractivity contribution in [1.82, 2.24) is 19.7 Å². The fourth-order valence-corrected chi connectivity index (χ4v) is 3.44. The Hall–Kier alpha value is -3.12. The number of nitrogens with one attached hydrogen (secondary N) is 1. The van der Waals surface area contributed by atoms with E-state index in [1.54, 1.807) is 4.68 Å². The lowest BCUT2D eigenvalue weighted by Crippen LogP contribution is -2.06. The number of nitrogens with two attached hydrogens (primary N) is 1. The molecule has 1 saturated carbocycles. The zero-order valence-corrected chi connectivity index (χ0v) is 15.9. The zero-order valence-electron chi connectivity index (χ0n) is 15.1. The first-order chi connectivity index (χ1) is 13.7. The van der Waals surface area contributed by atoms with Crippen molar-refractivity contribution in [3.8, 4) is 11.3 Å². The molecule has 0 aliphatic heterocycles. The third-order valence-electron chi connectivity index (χ3n) is 4.82. The minimum absolute atomic E-state index is 0.438. The van der Waals surface area contributed by atoms with E-state index in [-0.39, 0.29) is 0 Å². The SMILES string of the molecule is Nc1c2c(-c3cccc(Cl)c3)nc(NC3CC3)nc2nn1Cc1ccccc1. The van der Waals surface area contributed by atoms with Crippen LogP contribution in [-0.4, -0.2) is 25.8 Å². The second-order valence-corrected chi connectivity index (χ2v) is 7.49. The van der Waals surface area contributed by atoms with Crippen LogP contribution in [-0.2, 0) is 6.54 Å². The number of hydrogen-bond donors (Lipinski definition) is 2. The Balaban J connectivity index is 1.66. The van der Waals surface area contributed by atoms with Crippen LogP contribution >= 0.6 is 11.6 Å². The van der Waals surface area contributed by atoms with Gasteiger partial charge in [0.2, 0.25) is 5.95 Å². The molecule has 5 rings (SSSR count). The maximum atomic E-state index is 6.49. The normalized spacial score (nSPS) is 13.8. The summed E-state index contributed by atoms with van der Waals surface area (Å²) < 4.78 is 1.78. The summed E-state index contributed by atoms with van der Waals surface area (Å²) in [6, 6.07) is 18.1. The summed E-state index contributed by atoms with van der Waals surface area (Å²) in [5, 5.41) is 9.44. The Bertz CT molecular complexity index is 1150. The number of anilines is 2. The molecule has 28 heavy (non-hydrogen) atoms. The first kappa shape index (κ1) is 17.0. The summed E-state index contributed by atoms with van der Waals surface area (Å²) in [5.74, 6) is 1.13. The zero-order chi connectivity index (χ0) is 19.1. The van der Waals surface area contributed by atoms with Crippen molar-refractivity contribution in [3.05, 3.63) is 65.2 Å². The van der Waals surface area contributed by atoms with E-state index in [4.69, 9.17) is 22.3 Å². The van der Waals surface area contributed by atoms with Gasteiger partial charge in [-0.3, -0.25) is 0 Å². The fourth-order valence-electron chi connectivity index (χ4n) is 3.25. The van der Waals surface area contributed by atoms with Crippen molar-refractivity contribution < 1.29 is 0 Å². The number of hydrogen-bond acceptors (Lipinski definition) is 5. The number of fused-ring (bicyclic) bond motifs is 1. The Kier molecular flexibility index (Phi) is 4.13. The number of aromatic nitrogens is 4. The van der Waals surface area contributed by atoms with E-state index in [0.29, 0.717) is 35.0 Å². The minimum atomic E-state index is 0.438. The van der Waals surface area contributed by atoms with E-state index in [2.05, 4.69) is 27.5 Å². The van der Waals surface area contributed by atoms with Crippen molar-refractivity contribution in [2.24, 2.45) is 0 Å². The summed E-state index contributed by atoms with van der Waals surface area (Å²) >= 11 is 6.22. The van der Waals surface area contributed by atoms with Crippen LogP contribution in [0.2, 0.25) is 5.02 Å². The van der Waals surface area contributed by atoms with Crippen molar-refractivity contribution in [1.29, 1.82) is 0 Å². The van der Waals surface area contributed by atoms with Gasteiger partial charge in [-0.05, 0) is 30.5 Å². The van der Waals surface area contributed by atoms with Crippen LogP contribution in [0.15, 0.2) is 54.6 Å². The smallest absolute Gasteiger partial charge is 0.225 e. The summed E-state index contributed by atoms with van der Waals surface area (Å²) in [6.45, 7) is 0.573. The standard InChI is InChI=1S/C21H19ClN6/c22-15-8-4-7-14(11-15)18-17-19(23)28(12-13-5-2-1-3-6-13)27-20(17)26-21(25-18)24-16-9-10-16/h1-8,11,16H,9-10,12,23H2,(H,24,26,27). The van der Waals surface area contributed by atoms with Gasteiger partial charge in [0.1, 0.15) is 5.82 Å². The predicted octanol–water partition coefficient (Wildman–Crippen LogP) is 4.35. The topological polar surface area (TPSA) is 81.7 Å². The Labute approximate surface area is 167 Å². The molecule has 1 aliphatic rings. The highest BCUT2D eigenvalue weighted by atomic mass is 35.5. The highest BCUT2D eigenvalue weighted by Crippen LogP contribution is 2.33. The molecule has 7 heteroatoms. The average Bonchev–Trinajstić information content (AvgIpc) is 3.46. The molecule has 140 valence electrons. The summed E-state index contributed by atoms with van der Waals surface area (Å²) in [7, 11) is 0. The average molecular weight is 391 g/mol. The van der Waals surface area contributed by atoms with Gasteiger partial charge in [0, 0.05) is 16.6 Å². The number of nitrogens with zero attached hydrogens (tertiary/aromatic N) is 4. The number of benzene rings is 2. The van der Waals surface area contributed by atoms with Gasteiger partial charge in [0.05, 0.1) is 17.6 Å². The maximum Gasteiger partial charge on any atom is 0.225 e. The van der Waals surface area contributed by atoms with Gasteiger partial charge in [-0.1, -0.05) is 54.1 Å². The summed E-state index contributed by atoms with van der Waals surface area (Å²) in [6.07, 6.45) is 2.27. The molecule has 1 fully saturated rings. The third-order valence-corrected chi connectivity index (χ3v) is 5.06. The van der Waals surface area contributed by atoms with Gasteiger partial charge < -0.3 is 11.1 Å². The third kappa shape index (κ3) is 3.27. The van der Waals surface area contributed by atoms with E-state index in [9.17, 15) is 0 Å². The summed E-state index contributed by atoms with van der Waals surface area (Å²) in [5.41, 5.74) is 9.84. The second kappa shape index (κ2) is 6.80. The van der Waals surface area contributed by atoms with E-state index in [0.717, 1.165) is 35.0 Å². The van der Waals surface area contributed by atoms with Crippen molar-refractivity contribution >= 4 is 34.4 Å². The molecule has 4 aromatic rings. The first-order valence-electron chi connectivity index (χ1n) is 9.28. The Morgan fingerprint density at radius 3 is 2.64 bits per heavy atom. The Morgan fingerprint density at radius 1 is 1.07 bits per heavy atom. The van der Waals surface area contributed by atoms with Crippen LogP contribution in [0.4, 0.5) is 11.8 Å². The van der Waals surface area contributed by atoms with Gasteiger partial charge in [0.15, 0.2) is 5.65 Å². The summed E-state index contributed by atoms with van der Waals surface area (Å²) in [4.78, 5) is 9.38. The Morgan fingerprint density at radius 2 is 1.89 bits per heavy atom. The van der Waals surface area contributed by atoms with Crippen LogP contribution in [0.1, 0.15) is 18.4 Å². The van der Waals surface area contributed by atoms with Crippen molar-refractivity contribution in [3.63, 3.8) is 0 Å². The van der Waals surface area contributed by atoms with Crippen LogP contribution in [0.3, 0.4) is 0 Å². The molecular weight excluding hydrogens is 372 g/mol. The van der Waals surface area contributed by atoms with Crippen LogP contribution in [0.25, 0.3) is 22.3 Å². The van der Waals surface area contributed by atoms with Gasteiger partial charge in [0.25, 0.3) is 0 Å². The van der Waals surface area contributed by atoms with E-state index in [1.807, 2.05) is 42.5 Å². The predicted molar refractivity (Wildman–Crippen MR) is 112 cm³/mol. The van der Waals surface area contributed by atoms with E-state index < -0.39 is 0 Å². The molecule has 0 amide bonds. The van der Waals surface area contributed by atoms with Gasteiger partial charge in [-0.25, -0.2) is 9.67 Å². The molecule has 0 radical (unpaired) electrons. The highest BCUT2D eigenvalue weighted by Gasteiger charge is 2.24. The lowest BCUT2D eigenvalue weighted by molar-refractivity contribution is 0.703. The lowest BCUT2D eigenvalue weighted by atomic mass is 10.1. The molecule has 0 unspecified atom stereocenters. The second-order valence-electron chi connectivity index (χ2n) is 7.05.